The van der Waals surface area contributed by atoms with Gasteiger partial charge in [-0.25, -0.2) is 0 Å². The third-order valence-electron chi connectivity index (χ3n) is 5.07. The minimum atomic E-state index is -0.443. The maximum atomic E-state index is 12.7. The van der Waals surface area contributed by atoms with E-state index < -0.39 is 5.92 Å². The number of nitriles is 1. The Bertz CT molecular complexity index is 897. The molecule has 2 aromatic carbocycles. The molecule has 1 aliphatic heterocycles. The van der Waals surface area contributed by atoms with Gasteiger partial charge in [0.05, 0.1) is 17.2 Å². The molecule has 0 bridgehead atoms. The van der Waals surface area contributed by atoms with Gasteiger partial charge in [0, 0.05) is 37.4 Å². The zero-order valence-electron chi connectivity index (χ0n) is 16.2. The number of hydrogen-bond acceptors (Lipinski definition) is 4. The van der Waals surface area contributed by atoms with Crippen LogP contribution < -0.4 is 15.1 Å². The van der Waals surface area contributed by atoms with Crippen LogP contribution >= 0.6 is 0 Å². The highest BCUT2D eigenvalue weighted by molar-refractivity contribution is 6.04. The molecule has 1 N–H and O–H groups in total. The van der Waals surface area contributed by atoms with Gasteiger partial charge in [0.15, 0.2) is 0 Å². The molecule has 3 rings (SSSR count). The first-order valence-corrected chi connectivity index (χ1v) is 9.52. The van der Waals surface area contributed by atoms with E-state index in [1.807, 2.05) is 24.3 Å². The van der Waals surface area contributed by atoms with Gasteiger partial charge >= 0.3 is 0 Å². The first-order valence-electron chi connectivity index (χ1n) is 9.52. The van der Waals surface area contributed by atoms with Crippen molar-refractivity contribution >= 4 is 28.9 Å². The summed E-state index contributed by atoms with van der Waals surface area (Å²) in [5.74, 6) is -0.762. The van der Waals surface area contributed by atoms with Crippen molar-refractivity contribution in [2.24, 2.45) is 5.92 Å². The largest absolute Gasteiger partial charge is 0.372 e. The van der Waals surface area contributed by atoms with E-state index in [2.05, 4.69) is 30.1 Å². The molecule has 0 radical (unpaired) electrons. The molecular weight excluding hydrogens is 352 g/mol. The highest BCUT2D eigenvalue weighted by atomic mass is 16.2. The van der Waals surface area contributed by atoms with Gasteiger partial charge in [-0.3, -0.25) is 9.59 Å². The summed E-state index contributed by atoms with van der Waals surface area (Å²) in [6.45, 7) is 6.33. The highest BCUT2D eigenvalue weighted by Crippen LogP contribution is 2.28. The van der Waals surface area contributed by atoms with Gasteiger partial charge in [-0.1, -0.05) is 12.1 Å². The number of carbonyl (C=O) groups is 2. The fourth-order valence-electron chi connectivity index (χ4n) is 3.51. The van der Waals surface area contributed by atoms with E-state index in [-0.39, 0.29) is 24.8 Å². The SMILES string of the molecule is CCN(CC)c1ccc(NC(=O)C2CC(=O)N(c3ccccc3C#N)C2)cc1. The summed E-state index contributed by atoms with van der Waals surface area (Å²) >= 11 is 0. The van der Waals surface area contributed by atoms with Gasteiger partial charge in [-0.15, -0.1) is 0 Å². The second-order valence-electron chi connectivity index (χ2n) is 6.74. The molecule has 1 unspecified atom stereocenters. The van der Waals surface area contributed by atoms with Gasteiger partial charge in [0.2, 0.25) is 11.8 Å². The Morgan fingerprint density at radius 1 is 1.18 bits per heavy atom. The number of carbonyl (C=O) groups excluding carboxylic acids is 2. The third-order valence-corrected chi connectivity index (χ3v) is 5.07. The Labute approximate surface area is 165 Å². The van der Waals surface area contributed by atoms with Crippen molar-refractivity contribution < 1.29 is 9.59 Å². The van der Waals surface area contributed by atoms with Crippen LogP contribution in [-0.2, 0) is 9.59 Å². The van der Waals surface area contributed by atoms with E-state index in [1.54, 1.807) is 24.3 Å². The lowest BCUT2D eigenvalue weighted by molar-refractivity contribution is -0.122. The highest BCUT2D eigenvalue weighted by Gasteiger charge is 2.36. The summed E-state index contributed by atoms with van der Waals surface area (Å²) < 4.78 is 0. The fraction of sp³-hybridized carbons (Fsp3) is 0.318. The number of hydrogen-bond donors (Lipinski definition) is 1. The molecule has 6 nitrogen and oxygen atoms in total. The van der Waals surface area contributed by atoms with Crippen molar-refractivity contribution in [1.29, 1.82) is 5.26 Å². The van der Waals surface area contributed by atoms with E-state index in [9.17, 15) is 14.9 Å². The second kappa shape index (κ2) is 8.57. The number of rotatable bonds is 6. The molecule has 0 spiro atoms. The van der Waals surface area contributed by atoms with Gasteiger partial charge in [0.1, 0.15) is 6.07 Å². The minimum Gasteiger partial charge on any atom is -0.372 e. The van der Waals surface area contributed by atoms with Crippen LogP contribution in [0.5, 0.6) is 0 Å². The summed E-state index contributed by atoms with van der Waals surface area (Å²) in [4.78, 5) is 28.8. The fourth-order valence-corrected chi connectivity index (χ4v) is 3.51. The molecule has 6 heteroatoms. The van der Waals surface area contributed by atoms with Crippen molar-refractivity contribution in [3.8, 4) is 6.07 Å². The summed E-state index contributed by atoms with van der Waals surface area (Å²) in [6, 6.07) is 16.8. The third kappa shape index (κ3) is 3.99. The summed E-state index contributed by atoms with van der Waals surface area (Å²) in [7, 11) is 0. The van der Waals surface area contributed by atoms with Crippen LogP contribution in [0.3, 0.4) is 0 Å². The molecule has 1 aliphatic rings. The first-order chi connectivity index (χ1) is 13.6. The van der Waals surface area contributed by atoms with Crippen LogP contribution in [0.25, 0.3) is 0 Å². The first kappa shape index (κ1) is 19.4. The minimum absolute atomic E-state index is 0.139. The van der Waals surface area contributed by atoms with Crippen LogP contribution in [0.4, 0.5) is 17.1 Å². The monoisotopic (exact) mass is 376 g/mol. The number of benzene rings is 2. The van der Waals surface area contributed by atoms with Crippen LogP contribution in [-0.4, -0.2) is 31.4 Å². The van der Waals surface area contributed by atoms with Gasteiger partial charge in [-0.2, -0.15) is 5.26 Å². The number of para-hydroxylation sites is 1. The number of nitrogens with zero attached hydrogens (tertiary/aromatic N) is 3. The Morgan fingerprint density at radius 3 is 2.50 bits per heavy atom. The molecule has 28 heavy (non-hydrogen) atoms. The molecule has 1 atom stereocenters. The molecule has 1 saturated heterocycles. The van der Waals surface area contributed by atoms with Crippen molar-refractivity contribution in [1.82, 2.24) is 0 Å². The van der Waals surface area contributed by atoms with E-state index >= 15 is 0 Å². The van der Waals surface area contributed by atoms with Crippen molar-refractivity contribution in [2.75, 3.05) is 34.8 Å². The lowest BCUT2D eigenvalue weighted by Crippen LogP contribution is -2.28. The van der Waals surface area contributed by atoms with Crippen molar-refractivity contribution in [3.05, 3.63) is 54.1 Å². The van der Waals surface area contributed by atoms with E-state index in [1.165, 1.54) is 4.90 Å². The van der Waals surface area contributed by atoms with Crippen LogP contribution in [0.15, 0.2) is 48.5 Å². The molecule has 144 valence electrons. The molecule has 0 saturated carbocycles. The lowest BCUT2D eigenvalue weighted by Gasteiger charge is -2.21. The zero-order chi connectivity index (χ0) is 20.1. The van der Waals surface area contributed by atoms with Crippen LogP contribution in [0.1, 0.15) is 25.8 Å². The van der Waals surface area contributed by atoms with Gasteiger partial charge < -0.3 is 15.1 Å². The maximum Gasteiger partial charge on any atom is 0.229 e. The van der Waals surface area contributed by atoms with Gasteiger partial charge in [0.25, 0.3) is 0 Å². The quantitative estimate of drug-likeness (QED) is 0.838. The average Bonchev–Trinajstić information content (AvgIpc) is 3.11. The molecule has 1 fully saturated rings. The van der Waals surface area contributed by atoms with Crippen molar-refractivity contribution in [2.45, 2.75) is 20.3 Å². The Morgan fingerprint density at radius 2 is 1.86 bits per heavy atom. The molecule has 0 aromatic heterocycles. The summed E-state index contributed by atoms with van der Waals surface area (Å²) in [5.41, 5.74) is 2.82. The van der Waals surface area contributed by atoms with Crippen LogP contribution in [0, 0.1) is 17.2 Å². The average molecular weight is 376 g/mol. The Hall–Kier alpha value is -3.33. The molecule has 2 amide bonds. The van der Waals surface area contributed by atoms with Gasteiger partial charge in [-0.05, 0) is 50.2 Å². The van der Waals surface area contributed by atoms with Crippen molar-refractivity contribution in [3.63, 3.8) is 0 Å². The number of amides is 2. The van der Waals surface area contributed by atoms with E-state index in [0.29, 0.717) is 16.9 Å². The topological polar surface area (TPSA) is 76.4 Å². The zero-order valence-corrected chi connectivity index (χ0v) is 16.2. The Balaban J connectivity index is 1.67. The molecule has 0 aliphatic carbocycles. The predicted molar refractivity (Wildman–Crippen MR) is 110 cm³/mol. The lowest BCUT2D eigenvalue weighted by atomic mass is 10.1. The summed E-state index contributed by atoms with van der Waals surface area (Å²) in [5, 5.41) is 12.2. The van der Waals surface area contributed by atoms with Crippen LogP contribution in [0.2, 0.25) is 0 Å². The maximum absolute atomic E-state index is 12.7. The standard InChI is InChI=1S/C22H24N4O2/c1-3-25(4-2)19-11-9-18(10-12-19)24-22(28)17-13-21(27)26(15-17)20-8-6-5-7-16(20)14-23/h5-12,17H,3-4,13,15H2,1-2H3,(H,24,28). The van der Waals surface area contributed by atoms with E-state index in [4.69, 9.17) is 0 Å². The summed E-state index contributed by atoms with van der Waals surface area (Å²) in [6.07, 6.45) is 0.142. The second-order valence-corrected chi connectivity index (χ2v) is 6.74. The molecule has 2 aromatic rings. The normalized spacial score (nSPS) is 16.0. The number of anilines is 3. The smallest absolute Gasteiger partial charge is 0.229 e. The Kier molecular flexibility index (Phi) is 5.95. The number of nitrogens with one attached hydrogen (secondary N) is 1. The van der Waals surface area contributed by atoms with E-state index in [0.717, 1.165) is 18.8 Å². The molecule has 1 heterocycles. The molecular formula is C22H24N4O2. The predicted octanol–water partition coefficient (Wildman–Crippen LogP) is 3.40.